The average molecular weight is 393 g/mol. The molecule has 2 heterocycles. The number of benzene rings is 1. The molecule has 1 saturated heterocycles. The third kappa shape index (κ3) is 3.69. The number of nitro groups is 1. The summed E-state index contributed by atoms with van der Waals surface area (Å²) >= 11 is 0. The largest absolute Gasteiger partial charge is 0.338 e. The first-order valence-corrected chi connectivity index (χ1v) is 9.76. The summed E-state index contributed by atoms with van der Waals surface area (Å²) in [4.78, 5) is 28.2. The summed E-state index contributed by atoms with van der Waals surface area (Å²) in [7, 11) is -4.01. The van der Waals surface area contributed by atoms with Gasteiger partial charge in [0.2, 0.25) is 15.9 Å². The molecule has 1 aliphatic rings. The lowest BCUT2D eigenvalue weighted by Gasteiger charge is -2.35. The van der Waals surface area contributed by atoms with E-state index in [9.17, 15) is 23.3 Å². The Morgan fingerprint density at radius 2 is 1.89 bits per heavy atom. The number of nitrogens with zero attached hydrogens (tertiary/aromatic N) is 5. The number of amides is 1. The zero-order valence-corrected chi connectivity index (χ0v) is 15.4. The molecule has 0 unspecified atom stereocenters. The highest BCUT2D eigenvalue weighted by Crippen LogP contribution is 2.27. The monoisotopic (exact) mass is 393 g/mol. The molecule has 144 valence electrons. The Hall–Kier alpha value is -2.79. The van der Waals surface area contributed by atoms with Crippen LogP contribution >= 0.6 is 0 Å². The van der Waals surface area contributed by atoms with Crippen molar-refractivity contribution in [2.75, 3.05) is 26.2 Å². The lowest BCUT2D eigenvalue weighted by atomic mass is 10.2. The number of para-hydroxylation sites is 1. The molecule has 0 N–H and O–H groups in total. The number of hydrogen-bond acceptors (Lipinski definition) is 6. The molecule has 0 bridgehead atoms. The fraction of sp³-hybridized carbons (Fsp3) is 0.375. The highest BCUT2D eigenvalue weighted by molar-refractivity contribution is 7.89. The van der Waals surface area contributed by atoms with Gasteiger partial charge in [-0.1, -0.05) is 12.1 Å². The van der Waals surface area contributed by atoms with E-state index in [-0.39, 0.29) is 37.0 Å². The third-order valence-corrected chi connectivity index (χ3v) is 6.51. The van der Waals surface area contributed by atoms with Gasteiger partial charge in [-0.2, -0.15) is 4.31 Å². The fourth-order valence-corrected chi connectivity index (χ4v) is 4.58. The van der Waals surface area contributed by atoms with Crippen molar-refractivity contribution >= 4 is 21.6 Å². The van der Waals surface area contributed by atoms with Crippen LogP contribution in [0, 0.1) is 10.1 Å². The molecule has 1 fully saturated rings. The molecule has 27 heavy (non-hydrogen) atoms. The van der Waals surface area contributed by atoms with Crippen LogP contribution < -0.4 is 0 Å². The number of rotatable bonds is 5. The smallest absolute Gasteiger partial charge is 0.289 e. The van der Waals surface area contributed by atoms with Crippen LogP contribution in [0.3, 0.4) is 0 Å². The van der Waals surface area contributed by atoms with Gasteiger partial charge in [-0.15, -0.1) is 0 Å². The summed E-state index contributed by atoms with van der Waals surface area (Å²) < 4.78 is 28.5. The first kappa shape index (κ1) is 19.0. The van der Waals surface area contributed by atoms with E-state index in [4.69, 9.17) is 0 Å². The van der Waals surface area contributed by atoms with Crippen molar-refractivity contribution in [2.45, 2.75) is 17.9 Å². The Kier molecular flexibility index (Phi) is 5.24. The van der Waals surface area contributed by atoms with Gasteiger partial charge >= 0.3 is 0 Å². The molecule has 0 aliphatic carbocycles. The van der Waals surface area contributed by atoms with Crippen molar-refractivity contribution in [3.63, 3.8) is 0 Å². The van der Waals surface area contributed by atoms with Gasteiger partial charge in [0.05, 0.1) is 11.3 Å². The van der Waals surface area contributed by atoms with Crippen LogP contribution in [0.25, 0.3) is 0 Å². The molecular weight excluding hydrogens is 374 g/mol. The number of hydrogen-bond donors (Lipinski definition) is 0. The van der Waals surface area contributed by atoms with E-state index in [0.29, 0.717) is 0 Å². The molecule has 1 aliphatic heterocycles. The number of piperazine rings is 1. The summed E-state index contributed by atoms with van der Waals surface area (Å²) in [6, 6.07) is 4.83. The Balaban J connectivity index is 1.72. The van der Waals surface area contributed by atoms with Crippen molar-refractivity contribution in [3.8, 4) is 0 Å². The third-order valence-electron chi connectivity index (χ3n) is 4.56. The van der Waals surface area contributed by atoms with Crippen LogP contribution in [0.1, 0.15) is 13.0 Å². The van der Waals surface area contributed by atoms with Crippen molar-refractivity contribution < 1.29 is 18.1 Å². The standard InChI is InChI=1S/C16H19N5O5S/c1-13(19-7-6-17-12-19)16(22)18-8-10-20(11-9-18)27(25,26)15-5-3-2-4-14(15)21(23)24/h2-7,12-13H,8-11H2,1H3/t13-/m0/s1. The minimum Gasteiger partial charge on any atom is -0.338 e. The van der Waals surface area contributed by atoms with Gasteiger partial charge in [-0.05, 0) is 13.0 Å². The molecule has 1 amide bonds. The second kappa shape index (κ2) is 7.45. The van der Waals surface area contributed by atoms with E-state index >= 15 is 0 Å². The van der Waals surface area contributed by atoms with Gasteiger partial charge in [0.15, 0.2) is 4.90 Å². The SMILES string of the molecule is C[C@@H](C(=O)N1CCN(S(=O)(=O)c2ccccc2[N+](=O)[O-])CC1)n1ccnc1. The summed E-state index contributed by atoms with van der Waals surface area (Å²) in [5, 5.41) is 11.1. The van der Waals surface area contributed by atoms with Crippen molar-refractivity contribution in [3.05, 3.63) is 53.1 Å². The molecule has 1 aromatic heterocycles. The second-order valence-electron chi connectivity index (χ2n) is 6.14. The Labute approximate surface area is 156 Å². The lowest BCUT2D eigenvalue weighted by molar-refractivity contribution is -0.387. The molecule has 1 aromatic carbocycles. The van der Waals surface area contributed by atoms with E-state index in [1.165, 1.54) is 28.6 Å². The molecule has 3 rings (SSSR count). The van der Waals surface area contributed by atoms with E-state index < -0.39 is 26.7 Å². The number of nitro benzene ring substituents is 1. The minimum absolute atomic E-state index is 0.0801. The molecule has 10 nitrogen and oxygen atoms in total. The number of carbonyl (C=O) groups excluding carboxylic acids is 1. The maximum Gasteiger partial charge on any atom is 0.289 e. The zero-order valence-electron chi connectivity index (χ0n) is 14.6. The highest BCUT2D eigenvalue weighted by atomic mass is 32.2. The van der Waals surface area contributed by atoms with E-state index in [2.05, 4.69) is 4.98 Å². The summed E-state index contributed by atoms with van der Waals surface area (Å²) in [5.74, 6) is -0.129. The summed E-state index contributed by atoms with van der Waals surface area (Å²) in [6.45, 7) is 2.35. The van der Waals surface area contributed by atoms with Crippen LogP contribution in [0.15, 0.2) is 47.9 Å². The van der Waals surface area contributed by atoms with Gasteiger partial charge in [0.25, 0.3) is 5.69 Å². The fourth-order valence-electron chi connectivity index (χ4n) is 3.00. The number of carbonyl (C=O) groups is 1. The normalized spacial score (nSPS) is 16.9. The molecule has 11 heteroatoms. The predicted octanol–water partition coefficient (Wildman–Crippen LogP) is 0.885. The van der Waals surface area contributed by atoms with Crippen molar-refractivity contribution in [2.24, 2.45) is 0 Å². The summed E-state index contributed by atoms with van der Waals surface area (Å²) in [5.41, 5.74) is -0.454. The van der Waals surface area contributed by atoms with Gasteiger partial charge in [0, 0.05) is 44.6 Å². The Bertz CT molecular complexity index is 936. The van der Waals surface area contributed by atoms with E-state index in [1.54, 1.807) is 35.1 Å². The van der Waals surface area contributed by atoms with Crippen LogP contribution in [0.4, 0.5) is 5.69 Å². The highest BCUT2D eigenvalue weighted by Gasteiger charge is 2.35. The quantitative estimate of drug-likeness (QED) is 0.550. The molecule has 2 aromatic rings. The number of sulfonamides is 1. The van der Waals surface area contributed by atoms with Crippen LogP contribution in [-0.2, 0) is 14.8 Å². The van der Waals surface area contributed by atoms with Gasteiger partial charge in [-0.25, -0.2) is 13.4 Å². The lowest BCUT2D eigenvalue weighted by Crippen LogP contribution is -2.51. The van der Waals surface area contributed by atoms with Crippen LogP contribution in [0.2, 0.25) is 0 Å². The number of imidazole rings is 1. The van der Waals surface area contributed by atoms with Gasteiger partial charge in [-0.3, -0.25) is 14.9 Å². The van der Waals surface area contributed by atoms with Gasteiger partial charge in [0.1, 0.15) is 6.04 Å². The van der Waals surface area contributed by atoms with E-state index in [0.717, 1.165) is 0 Å². The van der Waals surface area contributed by atoms with Crippen LogP contribution in [0.5, 0.6) is 0 Å². The Morgan fingerprint density at radius 3 is 2.48 bits per heavy atom. The van der Waals surface area contributed by atoms with Gasteiger partial charge < -0.3 is 9.47 Å². The molecular formula is C16H19N5O5S. The first-order chi connectivity index (χ1) is 12.8. The maximum absolute atomic E-state index is 12.8. The minimum atomic E-state index is -4.01. The maximum atomic E-state index is 12.8. The molecule has 0 radical (unpaired) electrons. The van der Waals surface area contributed by atoms with Crippen molar-refractivity contribution in [1.82, 2.24) is 18.8 Å². The zero-order chi connectivity index (χ0) is 19.6. The molecule has 0 spiro atoms. The first-order valence-electron chi connectivity index (χ1n) is 8.32. The predicted molar refractivity (Wildman–Crippen MR) is 95.4 cm³/mol. The summed E-state index contributed by atoms with van der Waals surface area (Å²) in [6.07, 6.45) is 4.83. The molecule has 0 saturated carbocycles. The Morgan fingerprint density at radius 1 is 1.22 bits per heavy atom. The average Bonchev–Trinajstić information content (AvgIpc) is 3.21. The number of aromatic nitrogens is 2. The van der Waals surface area contributed by atoms with Crippen molar-refractivity contribution in [1.29, 1.82) is 0 Å². The second-order valence-corrected chi connectivity index (χ2v) is 8.05. The molecule has 1 atom stereocenters. The topological polar surface area (TPSA) is 119 Å². The van der Waals surface area contributed by atoms with E-state index in [1.807, 2.05) is 0 Å². The van der Waals surface area contributed by atoms with Crippen LogP contribution in [-0.4, -0.2) is 64.2 Å².